The summed E-state index contributed by atoms with van der Waals surface area (Å²) in [4.78, 5) is 77.6. The smallest absolute Gasteiger partial charge is 0.253 e. The molecule has 7 atom stereocenters. The molecule has 0 bridgehead atoms. The number of aliphatic hydroxyl groups is 2. The molecule has 0 radical (unpaired) electrons. The number of hydrazine groups is 1. The van der Waals surface area contributed by atoms with E-state index in [2.05, 4.69) is 10.9 Å². The van der Waals surface area contributed by atoms with Crippen LogP contribution in [-0.4, -0.2) is 111 Å². The Morgan fingerprint density at radius 1 is 1.07 bits per heavy atom. The Labute approximate surface area is 309 Å². The van der Waals surface area contributed by atoms with Gasteiger partial charge >= 0.3 is 0 Å². The van der Waals surface area contributed by atoms with Gasteiger partial charge in [0.2, 0.25) is 11.7 Å². The Morgan fingerprint density at radius 3 is 2.44 bits per heavy atom. The predicted molar refractivity (Wildman–Crippen MR) is 185 cm³/mol. The summed E-state index contributed by atoms with van der Waals surface area (Å²) in [6.07, 6.45) is -1.24. The highest BCUT2D eigenvalue weighted by Crippen LogP contribution is 2.52. The van der Waals surface area contributed by atoms with E-state index in [9.17, 15) is 49.2 Å². The average Bonchev–Trinajstić information content (AvgIpc) is 3.46. The van der Waals surface area contributed by atoms with Crippen LogP contribution in [-0.2, 0) is 35.1 Å². The highest BCUT2D eigenvalue weighted by molar-refractivity contribution is 6.31. The van der Waals surface area contributed by atoms with Gasteiger partial charge in [0.1, 0.15) is 29.6 Å². The fourth-order valence-corrected chi connectivity index (χ4v) is 7.56. The van der Waals surface area contributed by atoms with Crippen LogP contribution in [0.2, 0.25) is 0 Å². The molecule has 2 aromatic rings. The van der Waals surface area contributed by atoms with Gasteiger partial charge in [0.15, 0.2) is 12.1 Å². The summed E-state index contributed by atoms with van der Waals surface area (Å²) in [6, 6.07) is 2.03. The maximum atomic E-state index is 13.9. The number of aldehydes is 1. The molecule has 3 amide bonds. The number of aliphatic hydroxyl groups excluding tert-OH is 1. The molecule has 8 N–H and O–H groups in total. The van der Waals surface area contributed by atoms with Crippen LogP contribution in [0.25, 0.3) is 0 Å². The second-order valence-corrected chi connectivity index (χ2v) is 13.9. The largest absolute Gasteiger partial charge is 0.507 e. The maximum absolute atomic E-state index is 13.9. The van der Waals surface area contributed by atoms with E-state index in [0.29, 0.717) is 25.5 Å². The van der Waals surface area contributed by atoms with Crippen LogP contribution in [0, 0.1) is 0 Å². The third-order valence-corrected chi connectivity index (χ3v) is 10.4. The van der Waals surface area contributed by atoms with Gasteiger partial charge in [-0.25, -0.2) is 5.43 Å². The quantitative estimate of drug-likeness (QED) is 0.0402. The number of carbonyl (C=O) groups is 6. The fourth-order valence-electron chi connectivity index (χ4n) is 7.56. The van der Waals surface area contributed by atoms with Crippen molar-refractivity contribution in [3.63, 3.8) is 0 Å². The van der Waals surface area contributed by atoms with E-state index in [1.807, 2.05) is 0 Å². The number of benzene rings is 2. The second kappa shape index (κ2) is 15.4. The van der Waals surface area contributed by atoms with Gasteiger partial charge < -0.3 is 45.2 Å². The molecule has 0 spiro atoms. The minimum absolute atomic E-state index is 0.00176. The van der Waals surface area contributed by atoms with Crippen molar-refractivity contribution in [2.24, 2.45) is 5.73 Å². The van der Waals surface area contributed by atoms with Crippen molar-refractivity contribution in [2.45, 2.75) is 94.2 Å². The lowest BCUT2D eigenvalue weighted by molar-refractivity contribution is -0.248. The molecule has 0 saturated carbocycles. The Bertz CT molecular complexity index is 1900. The molecule has 2 aliphatic carbocycles. The zero-order valence-corrected chi connectivity index (χ0v) is 29.6. The lowest BCUT2D eigenvalue weighted by atomic mass is 9.71. The van der Waals surface area contributed by atoms with Crippen LogP contribution < -0.4 is 21.3 Å². The van der Waals surface area contributed by atoms with Gasteiger partial charge in [-0.2, -0.15) is 0 Å². The van der Waals surface area contributed by atoms with Gasteiger partial charge in [0, 0.05) is 67.1 Å². The second-order valence-electron chi connectivity index (χ2n) is 13.9. The number of hydrogen-bond donors (Lipinski definition) is 7. The molecule has 2 aromatic carbocycles. The van der Waals surface area contributed by atoms with Gasteiger partial charge in [-0.15, -0.1) is 0 Å². The van der Waals surface area contributed by atoms with E-state index in [-0.39, 0.29) is 47.4 Å². The Balaban J connectivity index is 1.26. The first-order valence-corrected chi connectivity index (χ1v) is 17.6. The van der Waals surface area contributed by atoms with Crippen LogP contribution in [0.4, 0.5) is 0 Å². The third-order valence-electron chi connectivity index (χ3n) is 10.4. The van der Waals surface area contributed by atoms with E-state index in [4.69, 9.17) is 19.9 Å². The number of hydrogen-bond acceptors (Lipinski definition) is 15. The van der Waals surface area contributed by atoms with E-state index in [1.165, 1.54) is 37.5 Å². The zero-order valence-electron chi connectivity index (χ0n) is 29.6. The molecular formula is C37H42N4O13. The number of phenols is 2. The molecule has 17 nitrogen and oxygen atoms in total. The number of nitrogens with two attached hydrogens (primary N) is 1. The Hall–Kier alpha value is -5.04. The van der Waals surface area contributed by atoms with Crippen molar-refractivity contribution in [3.8, 4) is 17.2 Å². The topological polar surface area (TPSA) is 264 Å². The zero-order chi connectivity index (χ0) is 39.1. The minimum Gasteiger partial charge on any atom is -0.507 e. The van der Waals surface area contributed by atoms with Gasteiger partial charge in [-0.3, -0.25) is 34.3 Å². The monoisotopic (exact) mass is 750 g/mol. The number of rotatable bonds is 13. The van der Waals surface area contributed by atoms with E-state index in [1.54, 1.807) is 6.92 Å². The number of carbonyl (C=O) groups excluding carboxylic acids is 6. The normalized spacial score (nSPS) is 26.6. The summed E-state index contributed by atoms with van der Waals surface area (Å²) >= 11 is 0. The summed E-state index contributed by atoms with van der Waals surface area (Å²) in [5, 5.41) is 46.0. The van der Waals surface area contributed by atoms with E-state index in [0.717, 1.165) is 4.90 Å². The molecule has 2 unspecified atom stereocenters. The molecule has 1 fully saturated rings. The van der Waals surface area contributed by atoms with Crippen LogP contribution in [0.3, 0.4) is 0 Å². The number of ether oxygens (including phenoxy) is 3. The van der Waals surface area contributed by atoms with Crippen molar-refractivity contribution in [2.75, 3.05) is 13.7 Å². The molecule has 288 valence electrons. The number of aromatic hydroxyl groups is 2. The number of phenolic OH excluding ortho intramolecular Hbond substituents is 2. The first-order chi connectivity index (χ1) is 25.7. The van der Waals surface area contributed by atoms with E-state index < -0.39 is 107 Å². The summed E-state index contributed by atoms with van der Waals surface area (Å²) < 4.78 is 17.4. The number of ketones is 2. The lowest BCUT2D eigenvalue weighted by Gasteiger charge is -2.44. The standard InChI is InChI=1S/C37H42N4O13/c1-17-32(46)20(38)13-27(53-17)54-22-15-37(51,23(16-42)39-40-24(43)9-4-3-5-12-41-25(44)10-11-26(41)45)14-19-29(22)36(50)31-30(34(19)48)33(47)18-7-6-8-21(52-2)28(18)35(31)49/h6-8,10-11,16-17,20,22-23,27,32,39,46,48,50-51H,3-5,9,12-15,38H2,1-2H3,(H,40,43)/t17?,20-,22+,23?,27+,32-,37+/m1/s1. The lowest BCUT2D eigenvalue weighted by Crippen LogP contribution is -2.60. The molecule has 6 rings (SSSR count). The number of unbranched alkanes of at least 4 members (excludes halogenated alkanes) is 2. The molecule has 0 aromatic heterocycles. The SMILES string of the molecule is COc1cccc2c1C(=O)c1c(O)c3c(c(O)c1C2=O)C[C@@](O)(C(C=O)NNC(=O)CCCCCN1C(=O)C=CC1=O)C[C@@H]3O[C@H]1C[C@@H](N)[C@H](O)C(C)O1. The fraction of sp³-hybridized carbons (Fsp3) is 0.459. The highest BCUT2D eigenvalue weighted by Gasteiger charge is 2.50. The first kappa shape index (κ1) is 38.7. The highest BCUT2D eigenvalue weighted by atomic mass is 16.7. The van der Waals surface area contributed by atoms with Crippen molar-refractivity contribution in [1.82, 2.24) is 15.8 Å². The summed E-state index contributed by atoms with van der Waals surface area (Å²) in [5.74, 6) is -4.25. The van der Waals surface area contributed by atoms with Crippen LogP contribution in [0.5, 0.6) is 17.2 Å². The number of imide groups is 1. The number of fused-ring (bicyclic) bond motifs is 3. The van der Waals surface area contributed by atoms with Gasteiger partial charge in [-0.05, 0) is 25.8 Å². The van der Waals surface area contributed by atoms with Crippen molar-refractivity contribution in [3.05, 3.63) is 63.7 Å². The molecule has 4 aliphatic rings. The molecule has 2 aliphatic heterocycles. The number of methoxy groups -OCH3 is 1. The van der Waals surface area contributed by atoms with Crippen molar-refractivity contribution < 1.29 is 63.4 Å². The maximum Gasteiger partial charge on any atom is 0.253 e. The number of amides is 3. The molecular weight excluding hydrogens is 708 g/mol. The van der Waals surface area contributed by atoms with E-state index >= 15 is 0 Å². The molecule has 54 heavy (non-hydrogen) atoms. The van der Waals surface area contributed by atoms with Gasteiger partial charge in [0.05, 0.1) is 47.7 Å². The summed E-state index contributed by atoms with van der Waals surface area (Å²) in [7, 11) is 1.31. The van der Waals surface area contributed by atoms with Crippen LogP contribution in [0.1, 0.15) is 94.5 Å². The molecule has 1 saturated heterocycles. The minimum atomic E-state index is -2.14. The van der Waals surface area contributed by atoms with Gasteiger partial charge in [-0.1, -0.05) is 18.6 Å². The average molecular weight is 751 g/mol. The molecule has 17 heteroatoms. The van der Waals surface area contributed by atoms with Crippen LogP contribution in [0.15, 0.2) is 30.4 Å². The van der Waals surface area contributed by atoms with Crippen molar-refractivity contribution >= 4 is 35.6 Å². The predicted octanol–water partition coefficient (Wildman–Crippen LogP) is 0.114. The van der Waals surface area contributed by atoms with Gasteiger partial charge in [0.25, 0.3) is 11.8 Å². The van der Waals surface area contributed by atoms with Crippen LogP contribution >= 0.6 is 0 Å². The number of nitrogens with zero attached hydrogens (tertiary/aromatic N) is 1. The Kier molecular flexibility index (Phi) is 11.0. The molecule has 2 heterocycles. The third kappa shape index (κ3) is 7.01. The Morgan fingerprint density at radius 2 is 1.78 bits per heavy atom. The number of nitrogens with one attached hydrogen (secondary N) is 2. The van der Waals surface area contributed by atoms with Crippen molar-refractivity contribution in [1.29, 1.82) is 0 Å². The summed E-state index contributed by atoms with van der Waals surface area (Å²) in [6.45, 7) is 1.78. The summed E-state index contributed by atoms with van der Waals surface area (Å²) in [5.41, 5.74) is 7.42. The first-order valence-electron chi connectivity index (χ1n) is 17.6.